The molecule has 0 aromatic heterocycles. The third-order valence-electron chi connectivity index (χ3n) is 6.79. The van der Waals surface area contributed by atoms with Crippen molar-refractivity contribution in [3.8, 4) is 0 Å². The van der Waals surface area contributed by atoms with Crippen LogP contribution in [-0.4, -0.2) is 5.91 Å². The van der Waals surface area contributed by atoms with E-state index in [2.05, 4.69) is 74.6 Å². The van der Waals surface area contributed by atoms with Crippen molar-refractivity contribution in [3.05, 3.63) is 61.2 Å². The molecule has 0 aliphatic carbocycles. The van der Waals surface area contributed by atoms with Gasteiger partial charge < -0.3 is 5.32 Å². The summed E-state index contributed by atoms with van der Waals surface area (Å²) in [6.45, 7) is 20.9. The van der Waals surface area contributed by atoms with E-state index in [0.717, 1.165) is 33.5 Å². The van der Waals surface area contributed by atoms with Crippen LogP contribution in [0.15, 0.2) is 0 Å². The minimum absolute atomic E-state index is 0.167. The molecule has 3 heteroatoms. The van der Waals surface area contributed by atoms with Crippen molar-refractivity contribution in [1.82, 2.24) is 0 Å². The molecule has 1 N–H and O–H groups in total. The topological polar surface area (TPSA) is 29.1 Å². The average Bonchev–Trinajstić information content (AvgIpc) is 2.64. The van der Waals surface area contributed by atoms with E-state index in [-0.39, 0.29) is 5.91 Å². The quantitative estimate of drug-likeness (QED) is 0.586. The number of amides is 1. The van der Waals surface area contributed by atoms with E-state index in [1.165, 1.54) is 33.4 Å². The van der Waals surface area contributed by atoms with Gasteiger partial charge in [-0.1, -0.05) is 0 Å². The van der Waals surface area contributed by atoms with E-state index in [0.29, 0.717) is 0 Å². The number of benzene rings is 2. The molecule has 1 amide bonds. The van der Waals surface area contributed by atoms with Gasteiger partial charge in [-0.25, -0.2) is 0 Å². The summed E-state index contributed by atoms with van der Waals surface area (Å²) in [5.41, 5.74) is 13.7. The number of anilines is 1. The zero-order valence-electron chi connectivity index (χ0n) is 18.4. The van der Waals surface area contributed by atoms with Crippen LogP contribution in [0.3, 0.4) is 0 Å². The lowest BCUT2D eigenvalue weighted by atomic mass is 9.87. The number of hydrogen-bond acceptors (Lipinski definition) is 1. The van der Waals surface area contributed by atoms with E-state index in [9.17, 15) is 4.79 Å². The molecule has 0 heterocycles. The van der Waals surface area contributed by atoms with Crippen LogP contribution in [0.5, 0.6) is 0 Å². The Bertz CT molecular complexity index is 882. The van der Waals surface area contributed by atoms with Gasteiger partial charge in [-0.3, -0.25) is 4.79 Å². The van der Waals surface area contributed by atoms with Crippen LogP contribution in [-0.2, 0) is 4.79 Å². The Hall–Kier alpha value is -1.80. The summed E-state index contributed by atoms with van der Waals surface area (Å²) >= 11 is 6.72. The Balaban J connectivity index is 2.51. The normalized spacial score (nSPS) is 12.3. The van der Waals surface area contributed by atoms with Crippen LogP contribution in [0.1, 0.15) is 66.6 Å². The first-order valence-electron chi connectivity index (χ1n) is 9.50. The minimum Gasteiger partial charge on any atom is -0.324 e. The van der Waals surface area contributed by atoms with Crippen molar-refractivity contribution in [2.24, 2.45) is 0 Å². The van der Waals surface area contributed by atoms with Crippen LogP contribution in [0, 0.1) is 69.2 Å². The van der Waals surface area contributed by atoms with Gasteiger partial charge in [-0.15, -0.1) is 11.6 Å². The van der Waals surface area contributed by atoms with Gasteiger partial charge in [0.1, 0.15) is 5.38 Å². The molecule has 146 valence electrons. The number of alkyl halides is 1. The first kappa shape index (κ1) is 21.5. The number of carbonyl (C=O) groups excluding carboxylic acids is 1. The second-order valence-electron chi connectivity index (χ2n) is 7.89. The molecule has 0 saturated carbocycles. The third kappa shape index (κ3) is 3.52. The van der Waals surface area contributed by atoms with Crippen molar-refractivity contribution in [2.45, 2.75) is 74.6 Å². The van der Waals surface area contributed by atoms with Crippen LogP contribution < -0.4 is 5.32 Å². The molecule has 2 aromatic rings. The van der Waals surface area contributed by atoms with Crippen molar-refractivity contribution in [3.63, 3.8) is 0 Å². The zero-order valence-corrected chi connectivity index (χ0v) is 19.1. The largest absolute Gasteiger partial charge is 0.324 e. The molecule has 27 heavy (non-hydrogen) atoms. The highest BCUT2D eigenvalue weighted by atomic mass is 35.5. The second-order valence-corrected chi connectivity index (χ2v) is 8.33. The van der Waals surface area contributed by atoms with Gasteiger partial charge in [-0.05, 0) is 130 Å². The van der Waals surface area contributed by atoms with Crippen LogP contribution in [0.2, 0.25) is 0 Å². The van der Waals surface area contributed by atoms with Crippen molar-refractivity contribution in [1.29, 1.82) is 0 Å². The summed E-state index contributed by atoms with van der Waals surface area (Å²) in [6, 6.07) is 0. The fourth-order valence-corrected chi connectivity index (χ4v) is 4.30. The Morgan fingerprint density at radius 3 is 1.26 bits per heavy atom. The van der Waals surface area contributed by atoms with E-state index in [1.54, 1.807) is 0 Å². The van der Waals surface area contributed by atoms with Crippen molar-refractivity contribution < 1.29 is 4.79 Å². The first-order chi connectivity index (χ1) is 12.4. The summed E-state index contributed by atoms with van der Waals surface area (Å²) in [5, 5.41) is 2.40. The summed E-state index contributed by atoms with van der Waals surface area (Å²) in [6.07, 6.45) is 0. The van der Waals surface area contributed by atoms with Crippen LogP contribution >= 0.6 is 11.6 Å². The lowest BCUT2D eigenvalue weighted by Gasteiger charge is -2.23. The molecule has 0 bridgehead atoms. The first-order valence-corrected chi connectivity index (χ1v) is 9.94. The van der Waals surface area contributed by atoms with Crippen LogP contribution in [0.25, 0.3) is 0 Å². The molecule has 0 aliphatic rings. The fraction of sp³-hybridized carbons (Fsp3) is 0.458. The van der Waals surface area contributed by atoms with Gasteiger partial charge in [0.2, 0.25) is 5.91 Å². The molecule has 1 atom stereocenters. The molecule has 0 spiro atoms. The molecule has 0 fully saturated rings. The van der Waals surface area contributed by atoms with Gasteiger partial charge in [0.05, 0.1) is 0 Å². The van der Waals surface area contributed by atoms with E-state index in [1.807, 2.05) is 0 Å². The molecule has 0 saturated heterocycles. The fourth-order valence-electron chi connectivity index (χ4n) is 3.91. The van der Waals surface area contributed by atoms with Gasteiger partial charge in [0, 0.05) is 5.69 Å². The monoisotopic (exact) mass is 385 g/mol. The molecule has 2 nitrogen and oxygen atoms in total. The van der Waals surface area contributed by atoms with Gasteiger partial charge in [0.25, 0.3) is 0 Å². The van der Waals surface area contributed by atoms with Crippen molar-refractivity contribution >= 4 is 23.2 Å². The van der Waals surface area contributed by atoms with Gasteiger partial charge in [0.15, 0.2) is 0 Å². The second kappa shape index (κ2) is 7.67. The SMILES string of the molecule is Cc1c(C)c(C)c(NC(=O)C(Cl)c2c(C)c(C)c(C)c(C)c2C)c(C)c1C. The average molecular weight is 386 g/mol. The van der Waals surface area contributed by atoms with Crippen LogP contribution in [0.4, 0.5) is 5.69 Å². The maximum Gasteiger partial charge on any atom is 0.247 e. The highest BCUT2D eigenvalue weighted by Gasteiger charge is 2.26. The lowest BCUT2D eigenvalue weighted by molar-refractivity contribution is -0.116. The Morgan fingerprint density at radius 1 is 0.593 bits per heavy atom. The Labute approximate surface area is 169 Å². The summed E-state index contributed by atoms with van der Waals surface area (Å²) in [4.78, 5) is 13.1. The number of rotatable bonds is 3. The molecule has 0 aliphatic heterocycles. The summed E-state index contributed by atoms with van der Waals surface area (Å²) in [5.74, 6) is -0.167. The molecular weight excluding hydrogens is 354 g/mol. The van der Waals surface area contributed by atoms with Crippen molar-refractivity contribution in [2.75, 3.05) is 5.32 Å². The minimum atomic E-state index is -0.719. The molecule has 2 rings (SSSR count). The third-order valence-corrected chi connectivity index (χ3v) is 7.21. The van der Waals surface area contributed by atoms with E-state index in [4.69, 9.17) is 11.6 Å². The molecular formula is C24H32ClNO. The maximum absolute atomic E-state index is 13.1. The summed E-state index contributed by atoms with van der Waals surface area (Å²) < 4.78 is 0. The number of nitrogens with one attached hydrogen (secondary N) is 1. The smallest absolute Gasteiger partial charge is 0.247 e. The highest BCUT2D eigenvalue weighted by Crippen LogP contribution is 2.36. The maximum atomic E-state index is 13.1. The number of halogens is 1. The standard InChI is InChI=1S/C24H32ClNO/c1-11-13(3)17(7)21(18(8)14(11)4)22(25)24(27)26-23-19(9)15(5)12(2)16(6)20(23)10/h22H,1-10H3,(H,26,27). The predicted octanol–water partition coefficient (Wildman–Crippen LogP) is 6.69. The highest BCUT2D eigenvalue weighted by molar-refractivity contribution is 6.33. The Morgan fingerprint density at radius 2 is 0.889 bits per heavy atom. The predicted molar refractivity (Wildman–Crippen MR) is 117 cm³/mol. The molecule has 0 radical (unpaired) electrons. The Kier molecular flexibility index (Phi) is 6.11. The zero-order chi connectivity index (χ0) is 20.8. The number of hydrogen-bond donors (Lipinski definition) is 1. The van der Waals surface area contributed by atoms with Gasteiger partial charge >= 0.3 is 0 Å². The van der Waals surface area contributed by atoms with E-state index < -0.39 is 5.38 Å². The lowest BCUT2D eigenvalue weighted by Crippen LogP contribution is -2.21. The van der Waals surface area contributed by atoms with Gasteiger partial charge in [-0.2, -0.15) is 0 Å². The summed E-state index contributed by atoms with van der Waals surface area (Å²) in [7, 11) is 0. The molecule has 2 aromatic carbocycles. The number of carbonyl (C=O) groups is 1. The van der Waals surface area contributed by atoms with E-state index >= 15 is 0 Å². The molecule has 1 unspecified atom stereocenters.